The second-order valence-corrected chi connectivity index (χ2v) is 5.98. The van der Waals surface area contributed by atoms with Crippen LogP contribution in [-0.2, 0) is 4.79 Å². The molecule has 0 atom stereocenters. The van der Waals surface area contributed by atoms with Crippen LogP contribution in [0.1, 0.15) is 10.4 Å². The monoisotopic (exact) mass is 292 g/mol. The highest BCUT2D eigenvalue weighted by molar-refractivity contribution is 8.27. The van der Waals surface area contributed by atoms with Crippen LogP contribution >= 0.6 is 23.5 Å². The van der Waals surface area contributed by atoms with Gasteiger partial charge in [-0.25, -0.2) is 0 Å². The number of hydrogen-bond acceptors (Lipinski definition) is 6. The summed E-state index contributed by atoms with van der Waals surface area (Å²) < 4.78 is 5.98. The number of carbonyl (C=O) groups excluding carboxylic acids is 2. The molecule has 0 amide bonds. The van der Waals surface area contributed by atoms with Crippen molar-refractivity contribution in [3.63, 3.8) is 0 Å². The number of aromatic hydroxyl groups is 1. The number of carbonyl (C=O) groups is 2. The van der Waals surface area contributed by atoms with Gasteiger partial charge in [-0.1, -0.05) is 23.5 Å². The first-order valence-electron chi connectivity index (χ1n) is 5.43. The fraction of sp³-hybridized carbons (Fsp3) is 0.0769. The Labute approximate surface area is 117 Å². The molecular weight excluding hydrogens is 284 g/mol. The summed E-state index contributed by atoms with van der Waals surface area (Å²) in [5, 5.41) is 13.1. The number of phenols is 1. The number of rotatable bonds is 0. The van der Waals surface area contributed by atoms with E-state index in [9.17, 15) is 14.7 Å². The second-order valence-electron chi connectivity index (χ2n) is 3.89. The number of ether oxygens (including phenoxy) is 1. The van der Waals surface area contributed by atoms with Crippen molar-refractivity contribution in [1.82, 2.24) is 0 Å². The van der Waals surface area contributed by atoms with Gasteiger partial charge in [-0.2, -0.15) is 0 Å². The predicted octanol–water partition coefficient (Wildman–Crippen LogP) is 2.70. The first-order valence-corrected chi connectivity index (χ1v) is 7.19. The van der Waals surface area contributed by atoms with Crippen LogP contribution in [0.15, 0.2) is 38.8 Å². The average molecular weight is 292 g/mol. The van der Waals surface area contributed by atoms with Crippen molar-refractivity contribution in [2.24, 2.45) is 0 Å². The predicted molar refractivity (Wildman–Crippen MR) is 74.3 cm³/mol. The molecule has 96 valence electrons. The molecule has 19 heavy (non-hydrogen) atoms. The largest absolute Gasteiger partial charge is 0.508 e. The maximum absolute atomic E-state index is 12.5. The maximum atomic E-state index is 12.5. The SMILES string of the molecule is O=C1COc2cc(O)ccc2C(=O)C1=C1SC=CS1. The lowest BCUT2D eigenvalue weighted by molar-refractivity contribution is -0.117. The topological polar surface area (TPSA) is 63.6 Å². The summed E-state index contributed by atoms with van der Waals surface area (Å²) in [4.78, 5) is 24.5. The van der Waals surface area contributed by atoms with Crippen LogP contribution in [0.3, 0.4) is 0 Å². The zero-order valence-electron chi connectivity index (χ0n) is 9.58. The van der Waals surface area contributed by atoms with Gasteiger partial charge in [0.2, 0.25) is 11.6 Å². The van der Waals surface area contributed by atoms with Crippen LogP contribution in [0, 0.1) is 0 Å². The third-order valence-corrected chi connectivity index (χ3v) is 4.81. The molecule has 2 aliphatic heterocycles. The van der Waals surface area contributed by atoms with Crippen molar-refractivity contribution in [2.45, 2.75) is 0 Å². The molecule has 1 aromatic rings. The summed E-state index contributed by atoms with van der Waals surface area (Å²) in [7, 11) is 0. The minimum absolute atomic E-state index is 0.00128. The van der Waals surface area contributed by atoms with Crippen LogP contribution in [0.2, 0.25) is 0 Å². The molecule has 0 unspecified atom stereocenters. The van der Waals surface area contributed by atoms with Gasteiger partial charge >= 0.3 is 0 Å². The van der Waals surface area contributed by atoms with E-state index in [4.69, 9.17) is 4.74 Å². The standard InChI is InChI=1S/C13H8O4S2/c14-7-1-2-8-10(5-7)17-6-9(15)11(12(8)16)13-18-3-4-19-13/h1-5,14H,6H2. The Balaban J connectivity index is 2.13. The lowest BCUT2D eigenvalue weighted by Gasteiger charge is -2.05. The van der Waals surface area contributed by atoms with Crippen molar-refractivity contribution >= 4 is 35.1 Å². The van der Waals surface area contributed by atoms with Crippen molar-refractivity contribution in [3.8, 4) is 11.5 Å². The molecule has 2 heterocycles. The van der Waals surface area contributed by atoms with Gasteiger partial charge in [0.1, 0.15) is 11.5 Å². The molecule has 3 rings (SSSR count). The number of ketones is 2. The smallest absolute Gasteiger partial charge is 0.205 e. The van der Waals surface area contributed by atoms with E-state index < -0.39 is 0 Å². The van der Waals surface area contributed by atoms with Crippen LogP contribution in [0.25, 0.3) is 0 Å². The van der Waals surface area contributed by atoms with Crippen LogP contribution in [0.4, 0.5) is 0 Å². The highest BCUT2D eigenvalue weighted by Crippen LogP contribution is 2.42. The molecule has 6 heteroatoms. The molecule has 0 bridgehead atoms. The molecular formula is C13H8O4S2. The van der Waals surface area contributed by atoms with Gasteiger partial charge in [0.15, 0.2) is 6.61 Å². The van der Waals surface area contributed by atoms with Crippen molar-refractivity contribution in [2.75, 3.05) is 6.61 Å². The minimum Gasteiger partial charge on any atom is -0.508 e. The van der Waals surface area contributed by atoms with E-state index in [1.165, 1.54) is 41.7 Å². The Morgan fingerprint density at radius 1 is 1.16 bits per heavy atom. The molecule has 0 saturated heterocycles. The fourth-order valence-corrected chi connectivity index (χ4v) is 3.72. The highest BCUT2D eigenvalue weighted by atomic mass is 32.2. The molecule has 1 N–H and O–H groups in total. The van der Waals surface area contributed by atoms with E-state index in [0.717, 1.165) is 0 Å². The third-order valence-electron chi connectivity index (χ3n) is 2.68. The Morgan fingerprint density at radius 3 is 2.63 bits per heavy atom. The molecule has 0 aliphatic carbocycles. The van der Waals surface area contributed by atoms with Gasteiger partial charge in [-0.05, 0) is 22.9 Å². The van der Waals surface area contributed by atoms with Crippen LogP contribution < -0.4 is 4.74 Å². The molecule has 0 fully saturated rings. The zero-order chi connectivity index (χ0) is 13.4. The first-order chi connectivity index (χ1) is 9.16. The Bertz CT molecular complexity index is 636. The van der Waals surface area contributed by atoms with Gasteiger partial charge < -0.3 is 9.84 Å². The van der Waals surface area contributed by atoms with E-state index in [1.54, 1.807) is 0 Å². The van der Waals surface area contributed by atoms with Crippen molar-refractivity contribution in [1.29, 1.82) is 0 Å². The van der Waals surface area contributed by atoms with Gasteiger partial charge in [0, 0.05) is 6.07 Å². The first kappa shape index (κ1) is 12.4. The maximum Gasteiger partial charge on any atom is 0.205 e. The third kappa shape index (κ3) is 2.17. The second kappa shape index (κ2) is 4.79. The van der Waals surface area contributed by atoms with Gasteiger partial charge in [-0.15, -0.1) is 0 Å². The van der Waals surface area contributed by atoms with Gasteiger partial charge in [-0.3, -0.25) is 9.59 Å². The van der Waals surface area contributed by atoms with E-state index in [-0.39, 0.29) is 35.2 Å². The summed E-state index contributed by atoms with van der Waals surface area (Å²) in [6.45, 7) is -0.192. The molecule has 0 saturated carbocycles. The van der Waals surface area contributed by atoms with E-state index in [0.29, 0.717) is 9.80 Å². The quantitative estimate of drug-likeness (QED) is 0.586. The van der Waals surface area contributed by atoms with E-state index >= 15 is 0 Å². The molecule has 0 spiro atoms. The lowest BCUT2D eigenvalue weighted by Crippen LogP contribution is -2.16. The van der Waals surface area contributed by atoms with Crippen LogP contribution in [-0.4, -0.2) is 23.3 Å². The number of phenolic OH excluding ortho intramolecular Hbond substituents is 1. The fourth-order valence-electron chi connectivity index (χ4n) is 1.83. The zero-order valence-corrected chi connectivity index (χ0v) is 11.2. The van der Waals surface area contributed by atoms with Crippen molar-refractivity contribution in [3.05, 3.63) is 44.4 Å². The minimum atomic E-state index is -0.351. The molecule has 4 nitrogen and oxygen atoms in total. The highest BCUT2D eigenvalue weighted by Gasteiger charge is 2.31. The Morgan fingerprint density at radius 2 is 1.89 bits per heavy atom. The number of benzene rings is 1. The Hall–Kier alpha value is -1.66. The van der Waals surface area contributed by atoms with Crippen LogP contribution in [0.5, 0.6) is 11.5 Å². The van der Waals surface area contributed by atoms with E-state index in [1.807, 2.05) is 10.8 Å². The molecule has 0 aromatic heterocycles. The number of Topliss-reactive ketones (excluding diaryl/α,β-unsaturated/α-hetero) is 2. The summed E-state index contributed by atoms with van der Waals surface area (Å²) in [5.41, 5.74) is 0.476. The van der Waals surface area contributed by atoms with Gasteiger partial charge in [0.25, 0.3) is 0 Å². The summed E-state index contributed by atoms with van der Waals surface area (Å²) >= 11 is 2.72. The van der Waals surface area contributed by atoms with Crippen molar-refractivity contribution < 1.29 is 19.4 Å². The number of thioether (sulfide) groups is 2. The summed E-state index contributed by atoms with van der Waals surface area (Å²) in [6.07, 6.45) is 0. The summed E-state index contributed by atoms with van der Waals surface area (Å²) in [6, 6.07) is 4.23. The van der Waals surface area contributed by atoms with Gasteiger partial charge in [0.05, 0.1) is 15.4 Å². The normalized spacial score (nSPS) is 18.3. The molecule has 1 aromatic carbocycles. The number of hydrogen-bond donors (Lipinski definition) is 1. The molecule has 0 radical (unpaired) electrons. The Kier molecular flexibility index (Phi) is 3.12. The van der Waals surface area contributed by atoms with E-state index in [2.05, 4.69) is 0 Å². The molecule has 2 aliphatic rings. The lowest BCUT2D eigenvalue weighted by atomic mass is 10.0. The average Bonchev–Trinajstić information content (AvgIpc) is 2.86. The number of fused-ring (bicyclic) bond motifs is 1. The summed E-state index contributed by atoms with van der Waals surface area (Å²) in [5.74, 6) is -0.438.